The topological polar surface area (TPSA) is 113 Å². The van der Waals surface area contributed by atoms with Crippen LogP contribution < -0.4 is 16.4 Å². The molecular weight excluding hydrogens is 198 g/mol. The number of rotatable bonds is 3. The third kappa shape index (κ3) is 2.29. The summed E-state index contributed by atoms with van der Waals surface area (Å²) in [5.74, 6) is -0.151. The number of anilines is 2. The molecule has 0 radical (unpaired) electrons. The van der Waals surface area contributed by atoms with Crippen molar-refractivity contribution in [2.24, 2.45) is 5.73 Å². The molecule has 6 heteroatoms. The number of aromatic hydroxyl groups is 1. The lowest BCUT2D eigenvalue weighted by molar-refractivity contribution is 0.249. The highest BCUT2D eigenvalue weighted by Gasteiger charge is 2.17. The molecule has 0 aliphatic rings. The lowest BCUT2D eigenvalue weighted by Gasteiger charge is -2.21. The molecule has 1 aromatic rings. The smallest absolute Gasteiger partial charge is 0.319 e. The minimum atomic E-state index is -0.780. The highest BCUT2D eigenvalue weighted by Crippen LogP contribution is 2.32. The van der Waals surface area contributed by atoms with Gasteiger partial charge in [-0.05, 0) is 12.1 Å². The van der Waals surface area contributed by atoms with Crippen LogP contribution in [0.4, 0.5) is 16.2 Å². The van der Waals surface area contributed by atoms with Gasteiger partial charge in [0.15, 0.2) is 0 Å². The van der Waals surface area contributed by atoms with E-state index in [2.05, 4.69) is 0 Å². The number of carbonyl (C=O) groups is 1. The summed E-state index contributed by atoms with van der Waals surface area (Å²) in [6.07, 6.45) is 0. The average Bonchev–Trinajstić information content (AvgIpc) is 2.15. The molecule has 0 atom stereocenters. The summed E-state index contributed by atoms with van der Waals surface area (Å²) in [6.45, 7) is -0.284. The second-order valence-electron chi connectivity index (χ2n) is 2.93. The third-order valence-corrected chi connectivity index (χ3v) is 1.91. The van der Waals surface area contributed by atoms with Crippen molar-refractivity contribution >= 4 is 17.4 Å². The first-order valence-electron chi connectivity index (χ1n) is 4.33. The summed E-state index contributed by atoms with van der Waals surface area (Å²) in [5.41, 5.74) is 11.0. The molecule has 0 fully saturated rings. The van der Waals surface area contributed by atoms with Crippen molar-refractivity contribution < 1.29 is 15.0 Å². The number of hydrogen-bond acceptors (Lipinski definition) is 4. The molecule has 6 nitrogen and oxygen atoms in total. The lowest BCUT2D eigenvalue weighted by atomic mass is 10.2. The zero-order valence-electron chi connectivity index (χ0n) is 8.05. The number of nitrogens with zero attached hydrogens (tertiary/aromatic N) is 1. The normalized spacial score (nSPS) is 9.93. The van der Waals surface area contributed by atoms with E-state index in [0.717, 1.165) is 4.90 Å². The first-order chi connectivity index (χ1) is 7.07. The van der Waals surface area contributed by atoms with E-state index in [1.54, 1.807) is 6.07 Å². The largest absolute Gasteiger partial charge is 0.506 e. The summed E-state index contributed by atoms with van der Waals surface area (Å²) in [5, 5.41) is 18.3. The molecule has 0 heterocycles. The summed E-state index contributed by atoms with van der Waals surface area (Å²) in [6, 6.07) is 3.69. The fourth-order valence-electron chi connectivity index (χ4n) is 1.27. The van der Waals surface area contributed by atoms with Gasteiger partial charge in [-0.1, -0.05) is 6.07 Å². The van der Waals surface area contributed by atoms with Crippen molar-refractivity contribution in [2.75, 3.05) is 23.8 Å². The van der Waals surface area contributed by atoms with E-state index in [1.807, 2.05) is 0 Å². The van der Waals surface area contributed by atoms with Gasteiger partial charge in [0.1, 0.15) is 11.4 Å². The van der Waals surface area contributed by atoms with E-state index in [1.165, 1.54) is 12.1 Å². The Balaban J connectivity index is 3.15. The maximum absolute atomic E-state index is 11.1. The molecule has 15 heavy (non-hydrogen) atoms. The molecule has 0 saturated carbocycles. The number of primary amides is 1. The van der Waals surface area contributed by atoms with Crippen LogP contribution in [0.15, 0.2) is 18.2 Å². The number of phenols is 1. The van der Waals surface area contributed by atoms with Gasteiger partial charge >= 0.3 is 6.03 Å². The van der Waals surface area contributed by atoms with E-state index in [0.29, 0.717) is 0 Å². The Morgan fingerprint density at radius 3 is 2.60 bits per heavy atom. The number of carbonyl (C=O) groups excluding carboxylic acids is 1. The maximum atomic E-state index is 11.1. The summed E-state index contributed by atoms with van der Waals surface area (Å²) in [7, 11) is 0. The second kappa shape index (κ2) is 4.52. The number of urea groups is 1. The molecule has 0 bridgehead atoms. The van der Waals surface area contributed by atoms with Crippen molar-refractivity contribution in [1.29, 1.82) is 0 Å². The molecule has 6 N–H and O–H groups in total. The van der Waals surface area contributed by atoms with Gasteiger partial charge in [-0.3, -0.25) is 4.90 Å². The predicted molar refractivity (Wildman–Crippen MR) is 56.5 cm³/mol. The predicted octanol–water partition coefficient (Wildman–Crippen LogP) is -0.148. The summed E-state index contributed by atoms with van der Waals surface area (Å²) < 4.78 is 0. The van der Waals surface area contributed by atoms with Crippen LogP contribution in [0.1, 0.15) is 0 Å². The van der Waals surface area contributed by atoms with Gasteiger partial charge in [0.2, 0.25) is 0 Å². The fraction of sp³-hybridized carbons (Fsp3) is 0.222. The molecule has 2 amide bonds. The number of nitrogen functional groups attached to an aromatic ring is 1. The van der Waals surface area contributed by atoms with Crippen LogP contribution in [0, 0.1) is 0 Å². The Kier molecular flexibility index (Phi) is 3.35. The monoisotopic (exact) mass is 211 g/mol. The van der Waals surface area contributed by atoms with Crippen molar-refractivity contribution in [3.8, 4) is 5.75 Å². The van der Waals surface area contributed by atoms with Crippen LogP contribution in [0.5, 0.6) is 5.75 Å². The van der Waals surface area contributed by atoms with Gasteiger partial charge < -0.3 is 21.7 Å². The Morgan fingerprint density at radius 1 is 1.47 bits per heavy atom. The second-order valence-corrected chi connectivity index (χ2v) is 2.93. The number of aliphatic hydroxyl groups excluding tert-OH is 1. The quantitative estimate of drug-likeness (QED) is 0.521. The van der Waals surface area contributed by atoms with Crippen molar-refractivity contribution in [2.45, 2.75) is 0 Å². The van der Waals surface area contributed by atoms with E-state index in [9.17, 15) is 9.90 Å². The Morgan fingerprint density at radius 2 is 2.13 bits per heavy atom. The van der Waals surface area contributed by atoms with Crippen LogP contribution in [0.3, 0.4) is 0 Å². The summed E-state index contributed by atoms with van der Waals surface area (Å²) >= 11 is 0. The SMILES string of the molecule is NC(=O)N(CCO)c1c(N)cccc1O. The third-order valence-electron chi connectivity index (χ3n) is 1.91. The number of amides is 2. The minimum Gasteiger partial charge on any atom is -0.506 e. The molecule has 0 saturated heterocycles. The molecule has 0 aromatic heterocycles. The molecule has 0 aliphatic carbocycles. The Hall–Kier alpha value is -1.95. The highest BCUT2D eigenvalue weighted by molar-refractivity contribution is 5.96. The van der Waals surface area contributed by atoms with Crippen molar-refractivity contribution in [3.63, 3.8) is 0 Å². The number of nitrogens with two attached hydrogens (primary N) is 2. The fourth-order valence-corrected chi connectivity index (χ4v) is 1.27. The highest BCUT2D eigenvalue weighted by atomic mass is 16.3. The van der Waals surface area contributed by atoms with Gasteiger partial charge in [0, 0.05) is 0 Å². The molecule has 1 aromatic carbocycles. The summed E-state index contributed by atoms with van der Waals surface area (Å²) in [4.78, 5) is 12.1. The van der Waals surface area contributed by atoms with E-state index in [4.69, 9.17) is 16.6 Å². The molecule has 0 aliphatic heterocycles. The molecule has 1 rings (SSSR count). The Labute approximate surface area is 86.7 Å². The van der Waals surface area contributed by atoms with Gasteiger partial charge in [-0.25, -0.2) is 4.79 Å². The molecule has 82 valence electrons. The van der Waals surface area contributed by atoms with Crippen LogP contribution in [-0.4, -0.2) is 29.4 Å². The van der Waals surface area contributed by atoms with E-state index >= 15 is 0 Å². The van der Waals surface area contributed by atoms with E-state index < -0.39 is 6.03 Å². The van der Waals surface area contributed by atoms with Crippen LogP contribution in [0.25, 0.3) is 0 Å². The zero-order valence-corrected chi connectivity index (χ0v) is 8.05. The molecular formula is C9H13N3O3. The number of phenolic OH excluding ortho intramolecular Hbond substituents is 1. The first kappa shape index (κ1) is 11.1. The van der Waals surface area contributed by atoms with Crippen molar-refractivity contribution in [1.82, 2.24) is 0 Å². The van der Waals surface area contributed by atoms with Gasteiger partial charge in [-0.2, -0.15) is 0 Å². The minimum absolute atomic E-state index is 0.0168. The first-order valence-corrected chi connectivity index (χ1v) is 4.33. The number of hydrogen-bond donors (Lipinski definition) is 4. The van der Waals surface area contributed by atoms with Crippen LogP contribution >= 0.6 is 0 Å². The van der Waals surface area contributed by atoms with Gasteiger partial charge in [0.05, 0.1) is 18.8 Å². The average molecular weight is 211 g/mol. The number of benzene rings is 1. The number of para-hydroxylation sites is 1. The van der Waals surface area contributed by atoms with Crippen LogP contribution in [-0.2, 0) is 0 Å². The zero-order chi connectivity index (χ0) is 11.4. The maximum Gasteiger partial charge on any atom is 0.319 e. The molecule has 0 unspecified atom stereocenters. The van der Waals surface area contributed by atoms with Crippen molar-refractivity contribution in [3.05, 3.63) is 18.2 Å². The molecule has 0 spiro atoms. The van der Waals surface area contributed by atoms with E-state index in [-0.39, 0.29) is 30.3 Å². The van der Waals surface area contributed by atoms with Crippen LogP contribution in [0.2, 0.25) is 0 Å². The Bertz CT molecular complexity index is 347. The standard InChI is InChI=1S/C9H13N3O3/c10-6-2-1-3-7(14)8(6)12(4-5-13)9(11)15/h1-3,13-14H,4-5,10H2,(H2,11,15). The van der Waals surface area contributed by atoms with Gasteiger partial charge in [-0.15, -0.1) is 0 Å². The number of aliphatic hydroxyl groups is 1. The lowest BCUT2D eigenvalue weighted by Crippen LogP contribution is -2.38. The van der Waals surface area contributed by atoms with Gasteiger partial charge in [0.25, 0.3) is 0 Å².